The molecular weight excluding hydrogens is 292 g/mol. The Morgan fingerprint density at radius 3 is 2.48 bits per heavy atom. The molecule has 2 aromatic rings. The molecule has 0 saturated heterocycles. The Labute approximate surface area is 133 Å². The normalized spacial score (nSPS) is 17.3. The number of nitro groups is 1. The number of nitro benzene ring substituents is 1. The van der Waals surface area contributed by atoms with Gasteiger partial charge in [-0.05, 0) is 42.7 Å². The maximum Gasteiger partial charge on any atom is 0.269 e. The first-order chi connectivity index (χ1) is 11.2. The largest absolute Gasteiger partial charge is 0.269 e. The second kappa shape index (κ2) is 6.28. The summed E-state index contributed by atoms with van der Waals surface area (Å²) in [5, 5.41) is 26.4. The Morgan fingerprint density at radius 1 is 1.17 bits per heavy atom. The number of rotatable bonds is 3. The van der Waals surface area contributed by atoms with Crippen LogP contribution in [-0.4, -0.2) is 16.7 Å². The van der Waals surface area contributed by atoms with E-state index < -0.39 is 4.92 Å². The van der Waals surface area contributed by atoms with E-state index >= 15 is 0 Å². The van der Waals surface area contributed by atoms with Gasteiger partial charge in [-0.3, -0.25) is 10.1 Å². The SMILES string of the molecule is N#CC1CCC(c2ccc([N+](=O)[O-])cc2)=NN1c1ccccc1. The summed E-state index contributed by atoms with van der Waals surface area (Å²) < 4.78 is 0. The molecule has 2 aromatic carbocycles. The number of hydrogen-bond donors (Lipinski definition) is 0. The van der Waals surface area contributed by atoms with Gasteiger partial charge >= 0.3 is 0 Å². The summed E-state index contributed by atoms with van der Waals surface area (Å²) in [6.45, 7) is 0. The molecule has 0 fully saturated rings. The fraction of sp³-hybridized carbons (Fsp3) is 0.176. The highest BCUT2D eigenvalue weighted by Crippen LogP contribution is 2.26. The van der Waals surface area contributed by atoms with Crippen molar-refractivity contribution in [2.24, 2.45) is 5.10 Å². The lowest BCUT2D eigenvalue weighted by Crippen LogP contribution is -2.35. The monoisotopic (exact) mass is 306 g/mol. The van der Waals surface area contributed by atoms with E-state index in [1.54, 1.807) is 17.1 Å². The summed E-state index contributed by atoms with van der Waals surface area (Å²) in [7, 11) is 0. The van der Waals surface area contributed by atoms with E-state index in [4.69, 9.17) is 0 Å². The van der Waals surface area contributed by atoms with Crippen molar-refractivity contribution in [2.45, 2.75) is 18.9 Å². The highest BCUT2D eigenvalue weighted by atomic mass is 16.6. The molecule has 1 aliphatic rings. The molecule has 0 radical (unpaired) electrons. The fourth-order valence-electron chi connectivity index (χ4n) is 2.56. The molecule has 1 heterocycles. The molecular formula is C17H14N4O2. The molecule has 6 nitrogen and oxygen atoms in total. The van der Waals surface area contributed by atoms with Gasteiger partial charge < -0.3 is 0 Å². The third kappa shape index (κ3) is 3.04. The van der Waals surface area contributed by atoms with E-state index in [2.05, 4.69) is 11.2 Å². The van der Waals surface area contributed by atoms with Crippen LogP contribution >= 0.6 is 0 Å². The average molecular weight is 306 g/mol. The molecule has 1 unspecified atom stereocenters. The van der Waals surface area contributed by atoms with Crippen LogP contribution in [-0.2, 0) is 0 Å². The molecule has 0 amide bonds. The third-order valence-corrected chi connectivity index (χ3v) is 3.76. The molecule has 1 atom stereocenters. The summed E-state index contributed by atoms with van der Waals surface area (Å²) in [6.07, 6.45) is 1.33. The van der Waals surface area contributed by atoms with Gasteiger partial charge in [-0.2, -0.15) is 10.4 Å². The molecule has 0 N–H and O–H groups in total. The summed E-state index contributed by atoms with van der Waals surface area (Å²) in [6, 6.07) is 17.9. The van der Waals surface area contributed by atoms with Crippen molar-refractivity contribution in [1.82, 2.24) is 0 Å². The van der Waals surface area contributed by atoms with Crippen LogP contribution in [0.5, 0.6) is 0 Å². The Bertz CT molecular complexity index is 778. The number of benzene rings is 2. The molecule has 0 aromatic heterocycles. The van der Waals surface area contributed by atoms with Crippen LogP contribution < -0.4 is 5.01 Å². The van der Waals surface area contributed by atoms with Gasteiger partial charge in [-0.15, -0.1) is 0 Å². The summed E-state index contributed by atoms with van der Waals surface area (Å²) in [4.78, 5) is 10.3. The van der Waals surface area contributed by atoms with Gasteiger partial charge in [0.05, 0.1) is 22.4 Å². The average Bonchev–Trinajstić information content (AvgIpc) is 2.62. The maximum absolute atomic E-state index is 10.7. The second-order valence-corrected chi connectivity index (χ2v) is 5.21. The summed E-state index contributed by atoms with van der Waals surface area (Å²) in [5.41, 5.74) is 2.58. The van der Waals surface area contributed by atoms with E-state index in [9.17, 15) is 15.4 Å². The predicted molar refractivity (Wildman–Crippen MR) is 87.2 cm³/mol. The van der Waals surface area contributed by atoms with Crippen molar-refractivity contribution in [3.05, 3.63) is 70.3 Å². The predicted octanol–water partition coefficient (Wildman–Crippen LogP) is 3.49. The minimum atomic E-state index is -0.422. The molecule has 0 bridgehead atoms. The molecule has 23 heavy (non-hydrogen) atoms. The van der Waals surface area contributed by atoms with Crippen LogP contribution in [0.15, 0.2) is 59.7 Å². The fourth-order valence-corrected chi connectivity index (χ4v) is 2.56. The van der Waals surface area contributed by atoms with Crippen molar-refractivity contribution < 1.29 is 4.92 Å². The Morgan fingerprint density at radius 2 is 1.87 bits per heavy atom. The molecule has 6 heteroatoms. The first-order valence-electron chi connectivity index (χ1n) is 7.25. The zero-order valence-corrected chi connectivity index (χ0v) is 12.3. The molecule has 0 spiro atoms. The van der Waals surface area contributed by atoms with Crippen molar-refractivity contribution in [3.8, 4) is 6.07 Å². The molecule has 114 valence electrons. The van der Waals surface area contributed by atoms with Gasteiger partial charge in [-0.25, -0.2) is 5.01 Å². The van der Waals surface area contributed by atoms with E-state index in [-0.39, 0.29) is 11.7 Å². The Balaban J connectivity index is 1.95. The molecule has 0 aliphatic carbocycles. The highest BCUT2D eigenvalue weighted by molar-refractivity contribution is 6.01. The summed E-state index contributed by atoms with van der Waals surface area (Å²) >= 11 is 0. The van der Waals surface area contributed by atoms with E-state index in [1.165, 1.54) is 12.1 Å². The zero-order chi connectivity index (χ0) is 16.2. The molecule has 3 rings (SSSR count). The number of hydrazone groups is 1. The lowest BCUT2D eigenvalue weighted by atomic mass is 10.0. The van der Waals surface area contributed by atoms with E-state index in [0.29, 0.717) is 12.8 Å². The van der Waals surface area contributed by atoms with E-state index in [1.807, 2.05) is 30.3 Å². The van der Waals surface area contributed by atoms with Crippen molar-refractivity contribution in [1.29, 1.82) is 5.26 Å². The van der Waals surface area contributed by atoms with Crippen molar-refractivity contribution >= 4 is 17.1 Å². The lowest BCUT2D eigenvalue weighted by Gasteiger charge is -2.29. The van der Waals surface area contributed by atoms with Crippen LogP contribution in [0.1, 0.15) is 18.4 Å². The van der Waals surface area contributed by atoms with Crippen LogP contribution in [0.4, 0.5) is 11.4 Å². The first-order valence-corrected chi connectivity index (χ1v) is 7.25. The lowest BCUT2D eigenvalue weighted by molar-refractivity contribution is -0.384. The van der Waals surface area contributed by atoms with Crippen LogP contribution in [0, 0.1) is 21.4 Å². The molecule has 0 saturated carbocycles. The molecule has 1 aliphatic heterocycles. The smallest absolute Gasteiger partial charge is 0.258 e. The maximum atomic E-state index is 10.7. The topological polar surface area (TPSA) is 82.5 Å². The zero-order valence-electron chi connectivity index (χ0n) is 12.3. The van der Waals surface area contributed by atoms with Gasteiger partial charge in [0, 0.05) is 12.1 Å². The first kappa shape index (κ1) is 14.7. The van der Waals surface area contributed by atoms with Crippen molar-refractivity contribution in [3.63, 3.8) is 0 Å². The van der Waals surface area contributed by atoms with Crippen molar-refractivity contribution in [2.75, 3.05) is 5.01 Å². The quantitative estimate of drug-likeness (QED) is 0.642. The third-order valence-electron chi connectivity index (χ3n) is 3.76. The second-order valence-electron chi connectivity index (χ2n) is 5.21. The van der Waals surface area contributed by atoms with Crippen LogP contribution in [0.2, 0.25) is 0 Å². The van der Waals surface area contributed by atoms with Gasteiger partial charge in [-0.1, -0.05) is 18.2 Å². The Hall–Kier alpha value is -3.20. The highest BCUT2D eigenvalue weighted by Gasteiger charge is 2.25. The number of nitrogens with zero attached hydrogens (tertiary/aromatic N) is 4. The van der Waals surface area contributed by atoms with Gasteiger partial charge in [0.1, 0.15) is 6.04 Å². The van der Waals surface area contributed by atoms with Crippen LogP contribution in [0.3, 0.4) is 0 Å². The number of non-ortho nitro benzene ring substituents is 1. The number of hydrogen-bond acceptors (Lipinski definition) is 5. The number of para-hydroxylation sites is 1. The van der Waals surface area contributed by atoms with Gasteiger partial charge in [0.2, 0.25) is 0 Å². The minimum absolute atomic E-state index is 0.0555. The summed E-state index contributed by atoms with van der Waals surface area (Å²) in [5.74, 6) is 0. The van der Waals surface area contributed by atoms with Crippen LogP contribution in [0.25, 0.3) is 0 Å². The Kier molecular flexibility index (Phi) is 4.02. The van der Waals surface area contributed by atoms with Gasteiger partial charge in [0.25, 0.3) is 5.69 Å². The standard InChI is InChI=1S/C17H14N4O2/c18-12-16-10-11-17(13-6-8-15(9-7-13)21(22)23)19-20(16)14-4-2-1-3-5-14/h1-9,16H,10-11H2. The number of nitriles is 1. The minimum Gasteiger partial charge on any atom is -0.258 e. The van der Waals surface area contributed by atoms with E-state index in [0.717, 1.165) is 17.0 Å². The number of anilines is 1. The van der Waals surface area contributed by atoms with Gasteiger partial charge in [0.15, 0.2) is 0 Å².